The first-order valence-electron chi connectivity index (χ1n) is 4.64. The molecule has 0 aromatic heterocycles. The van der Waals surface area contributed by atoms with E-state index in [-0.39, 0.29) is 10.6 Å². The predicted molar refractivity (Wildman–Crippen MR) is 61.1 cm³/mol. The lowest BCUT2D eigenvalue weighted by Crippen LogP contribution is -2.04. The van der Waals surface area contributed by atoms with Crippen LogP contribution >= 0.6 is 0 Å². The summed E-state index contributed by atoms with van der Waals surface area (Å²) in [6.07, 6.45) is 0. The molecular formula is C11H14N2O2. The Bertz CT molecular complexity index is 400. The van der Waals surface area contributed by atoms with E-state index in [9.17, 15) is 10.1 Å². The molecule has 0 aliphatic carbocycles. The van der Waals surface area contributed by atoms with E-state index in [2.05, 4.69) is 11.9 Å². The van der Waals surface area contributed by atoms with Gasteiger partial charge in [0.15, 0.2) is 0 Å². The number of nitrogens with zero attached hydrogens (tertiary/aromatic N) is 1. The maximum atomic E-state index is 10.7. The Balaban J connectivity index is 2.96. The summed E-state index contributed by atoms with van der Waals surface area (Å²) in [5.41, 5.74) is 2.57. The minimum Gasteiger partial charge on any atom is -0.376 e. The molecule has 0 heterocycles. The second-order valence-electron chi connectivity index (χ2n) is 3.59. The monoisotopic (exact) mass is 206 g/mol. The highest BCUT2D eigenvalue weighted by Crippen LogP contribution is 2.25. The summed E-state index contributed by atoms with van der Waals surface area (Å²) in [7, 11) is 0. The van der Waals surface area contributed by atoms with Crippen molar-refractivity contribution in [1.82, 2.24) is 0 Å². The largest absolute Gasteiger partial charge is 0.376 e. The molecule has 0 aliphatic heterocycles. The van der Waals surface area contributed by atoms with Gasteiger partial charge >= 0.3 is 0 Å². The van der Waals surface area contributed by atoms with Gasteiger partial charge in [-0.3, -0.25) is 10.1 Å². The molecule has 80 valence electrons. The third-order valence-electron chi connectivity index (χ3n) is 1.93. The van der Waals surface area contributed by atoms with Crippen molar-refractivity contribution < 1.29 is 4.92 Å². The highest BCUT2D eigenvalue weighted by molar-refractivity contribution is 5.63. The summed E-state index contributed by atoms with van der Waals surface area (Å²) in [4.78, 5) is 10.3. The van der Waals surface area contributed by atoms with Crippen molar-refractivity contribution in [1.29, 1.82) is 0 Å². The topological polar surface area (TPSA) is 55.2 Å². The lowest BCUT2D eigenvalue weighted by atomic mass is 10.2. The lowest BCUT2D eigenvalue weighted by molar-refractivity contribution is -0.384. The van der Waals surface area contributed by atoms with Gasteiger partial charge in [0, 0.05) is 12.6 Å². The lowest BCUT2D eigenvalue weighted by Gasteiger charge is -2.07. The zero-order valence-electron chi connectivity index (χ0n) is 8.91. The van der Waals surface area contributed by atoms with E-state index in [1.807, 2.05) is 13.8 Å². The van der Waals surface area contributed by atoms with Gasteiger partial charge in [-0.15, -0.1) is 0 Å². The molecule has 0 atom stereocenters. The predicted octanol–water partition coefficient (Wildman–Crippen LogP) is 2.89. The molecule has 0 saturated carbocycles. The molecule has 1 rings (SSSR count). The van der Waals surface area contributed by atoms with E-state index in [4.69, 9.17) is 0 Å². The van der Waals surface area contributed by atoms with Crippen LogP contribution in [0.15, 0.2) is 30.4 Å². The van der Waals surface area contributed by atoms with E-state index in [0.29, 0.717) is 12.2 Å². The van der Waals surface area contributed by atoms with Gasteiger partial charge in [0.05, 0.1) is 4.92 Å². The summed E-state index contributed by atoms with van der Waals surface area (Å²) in [5, 5.41) is 13.7. The Hall–Kier alpha value is -1.84. The van der Waals surface area contributed by atoms with Crippen molar-refractivity contribution >= 4 is 11.4 Å². The molecule has 1 aromatic rings. The standard InChI is InChI=1S/C11H14N2O2/c1-8(2)7-12-10-6-9(3)4-5-11(10)13(14)15/h4-6,12H,1,7H2,2-3H3. The molecular weight excluding hydrogens is 192 g/mol. The summed E-state index contributed by atoms with van der Waals surface area (Å²) in [5.74, 6) is 0. The van der Waals surface area contributed by atoms with Crippen LogP contribution in [-0.2, 0) is 0 Å². The molecule has 4 heteroatoms. The molecule has 0 unspecified atom stereocenters. The van der Waals surface area contributed by atoms with Crippen molar-refractivity contribution in [3.8, 4) is 0 Å². The van der Waals surface area contributed by atoms with Crippen LogP contribution in [-0.4, -0.2) is 11.5 Å². The van der Waals surface area contributed by atoms with Gasteiger partial charge < -0.3 is 5.32 Å². The number of nitro groups is 1. The smallest absolute Gasteiger partial charge is 0.292 e. The fourth-order valence-electron chi connectivity index (χ4n) is 1.20. The van der Waals surface area contributed by atoms with Crippen molar-refractivity contribution in [2.24, 2.45) is 0 Å². The third kappa shape index (κ3) is 3.09. The quantitative estimate of drug-likeness (QED) is 0.468. The van der Waals surface area contributed by atoms with Crippen molar-refractivity contribution in [2.45, 2.75) is 13.8 Å². The minimum absolute atomic E-state index is 0.0989. The van der Waals surface area contributed by atoms with Crippen molar-refractivity contribution in [3.05, 3.63) is 46.0 Å². The van der Waals surface area contributed by atoms with E-state index in [1.165, 1.54) is 6.07 Å². The molecule has 0 bridgehead atoms. The maximum absolute atomic E-state index is 10.7. The molecule has 1 N–H and O–H groups in total. The van der Waals surface area contributed by atoms with Crippen LogP contribution in [0.25, 0.3) is 0 Å². The summed E-state index contributed by atoms with van der Waals surface area (Å²) >= 11 is 0. The number of nitrogens with one attached hydrogen (secondary N) is 1. The van der Waals surface area contributed by atoms with Gasteiger partial charge in [0.2, 0.25) is 0 Å². The third-order valence-corrected chi connectivity index (χ3v) is 1.93. The number of nitro benzene ring substituents is 1. The first-order valence-corrected chi connectivity index (χ1v) is 4.64. The number of hydrogen-bond acceptors (Lipinski definition) is 3. The van der Waals surface area contributed by atoms with Crippen LogP contribution in [0.3, 0.4) is 0 Å². The Morgan fingerprint density at radius 3 is 2.80 bits per heavy atom. The highest BCUT2D eigenvalue weighted by Gasteiger charge is 2.12. The Kier molecular flexibility index (Phi) is 3.44. The highest BCUT2D eigenvalue weighted by atomic mass is 16.6. The molecule has 15 heavy (non-hydrogen) atoms. The Morgan fingerprint density at radius 2 is 2.27 bits per heavy atom. The molecule has 1 aromatic carbocycles. The summed E-state index contributed by atoms with van der Waals surface area (Å²) < 4.78 is 0. The first kappa shape index (κ1) is 11.2. The van der Waals surface area contributed by atoms with Gasteiger partial charge in [-0.2, -0.15) is 0 Å². The van der Waals surface area contributed by atoms with Crippen molar-refractivity contribution in [2.75, 3.05) is 11.9 Å². The minimum atomic E-state index is -0.389. The summed E-state index contributed by atoms with van der Waals surface area (Å²) in [6.45, 7) is 8.05. The molecule has 0 spiro atoms. The van der Waals surface area contributed by atoms with Gasteiger partial charge in [0.25, 0.3) is 5.69 Å². The number of anilines is 1. The van der Waals surface area contributed by atoms with Crippen LogP contribution in [0.2, 0.25) is 0 Å². The number of aryl methyl sites for hydroxylation is 1. The van der Waals surface area contributed by atoms with Crippen LogP contribution in [0, 0.1) is 17.0 Å². The average molecular weight is 206 g/mol. The van der Waals surface area contributed by atoms with Crippen molar-refractivity contribution in [3.63, 3.8) is 0 Å². The average Bonchev–Trinajstić information content (AvgIpc) is 2.14. The molecule has 0 aliphatic rings. The fourth-order valence-corrected chi connectivity index (χ4v) is 1.20. The SMILES string of the molecule is C=C(C)CNc1cc(C)ccc1[N+](=O)[O-]. The second kappa shape index (κ2) is 4.59. The van der Waals surface area contributed by atoms with Gasteiger partial charge in [-0.1, -0.05) is 18.2 Å². The van der Waals surface area contributed by atoms with Crippen LogP contribution in [0.1, 0.15) is 12.5 Å². The van der Waals surface area contributed by atoms with Gasteiger partial charge in [-0.05, 0) is 25.5 Å². The Morgan fingerprint density at radius 1 is 1.60 bits per heavy atom. The molecule has 4 nitrogen and oxygen atoms in total. The number of benzene rings is 1. The van der Waals surface area contributed by atoms with Crippen LogP contribution < -0.4 is 5.32 Å². The zero-order chi connectivity index (χ0) is 11.4. The van der Waals surface area contributed by atoms with E-state index in [1.54, 1.807) is 12.1 Å². The van der Waals surface area contributed by atoms with E-state index < -0.39 is 0 Å². The van der Waals surface area contributed by atoms with E-state index in [0.717, 1.165) is 11.1 Å². The number of hydrogen-bond donors (Lipinski definition) is 1. The summed E-state index contributed by atoms with van der Waals surface area (Å²) in [6, 6.07) is 5.00. The number of rotatable bonds is 4. The van der Waals surface area contributed by atoms with Gasteiger partial charge in [0.1, 0.15) is 5.69 Å². The fraction of sp³-hybridized carbons (Fsp3) is 0.273. The normalized spacial score (nSPS) is 9.73. The van der Waals surface area contributed by atoms with Gasteiger partial charge in [-0.25, -0.2) is 0 Å². The van der Waals surface area contributed by atoms with Crippen LogP contribution in [0.4, 0.5) is 11.4 Å². The molecule has 0 saturated heterocycles. The first-order chi connectivity index (χ1) is 7.00. The molecule has 0 fully saturated rings. The van der Waals surface area contributed by atoms with Crippen LogP contribution in [0.5, 0.6) is 0 Å². The zero-order valence-corrected chi connectivity index (χ0v) is 8.91. The Labute approximate surface area is 88.8 Å². The molecule has 0 radical (unpaired) electrons. The maximum Gasteiger partial charge on any atom is 0.292 e. The second-order valence-corrected chi connectivity index (χ2v) is 3.59. The molecule has 0 amide bonds. The van der Waals surface area contributed by atoms with E-state index >= 15 is 0 Å².